The van der Waals surface area contributed by atoms with Crippen molar-refractivity contribution in [3.8, 4) is 0 Å². The molecule has 1 fully saturated rings. The molecular formula is C17H24O3. The van der Waals surface area contributed by atoms with Gasteiger partial charge in [0.05, 0.1) is 19.1 Å². The maximum Gasteiger partial charge on any atom is 0.308 e. The molecule has 3 nitrogen and oxygen atoms in total. The zero-order chi connectivity index (χ0) is 14.2. The highest BCUT2D eigenvalue weighted by molar-refractivity contribution is 5.72. The molecule has 0 amide bonds. The average molecular weight is 276 g/mol. The molecule has 0 aliphatic heterocycles. The minimum Gasteiger partial charge on any atom is -0.466 e. The Bertz CT molecular complexity index is 394. The zero-order valence-corrected chi connectivity index (χ0v) is 12.2. The zero-order valence-electron chi connectivity index (χ0n) is 12.2. The summed E-state index contributed by atoms with van der Waals surface area (Å²) in [6, 6.07) is 10.2. The Hall–Kier alpha value is -1.35. The van der Waals surface area contributed by atoms with Crippen LogP contribution in [0.1, 0.15) is 38.2 Å². The molecule has 1 saturated carbocycles. The van der Waals surface area contributed by atoms with Gasteiger partial charge in [0.25, 0.3) is 0 Å². The molecule has 1 aliphatic carbocycles. The first-order chi connectivity index (χ1) is 9.79. The summed E-state index contributed by atoms with van der Waals surface area (Å²) in [6.07, 6.45) is 4.02. The summed E-state index contributed by atoms with van der Waals surface area (Å²) in [6.45, 7) is 3.82. The highest BCUT2D eigenvalue weighted by Crippen LogP contribution is 2.29. The number of esters is 1. The highest BCUT2D eigenvalue weighted by Gasteiger charge is 2.27. The predicted molar refractivity (Wildman–Crippen MR) is 78.2 cm³/mol. The summed E-state index contributed by atoms with van der Waals surface area (Å²) in [7, 11) is 0. The van der Waals surface area contributed by atoms with Crippen molar-refractivity contribution in [2.45, 2.75) is 39.2 Å². The number of carbonyl (C=O) groups excluding carboxylic acids is 1. The van der Waals surface area contributed by atoms with E-state index in [4.69, 9.17) is 9.47 Å². The van der Waals surface area contributed by atoms with Gasteiger partial charge in [-0.1, -0.05) is 30.3 Å². The number of hydrogen-bond acceptors (Lipinski definition) is 3. The Labute approximate surface area is 121 Å². The van der Waals surface area contributed by atoms with Gasteiger partial charge in [0.1, 0.15) is 0 Å². The molecule has 1 aliphatic rings. The number of ether oxygens (including phenoxy) is 2. The first-order valence-electron chi connectivity index (χ1n) is 7.58. The van der Waals surface area contributed by atoms with E-state index in [1.807, 2.05) is 25.1 Å². The summed E-state index contributed by atoms with van der Waals surface area (Å²) in [5.41, 5.74) is 1.22. The van der Waals surface area contributed by atoms with Crippen LogP contribution in [-0.4, -0.2) is 19.2 Å². The molecule has 1 aromatic carbocycles. The Kier molecular flexibility index (Phi) is 6.06. The van der Waals surface area contributed by atoms with E-state index < -0.39 is 0 Å². The highest BCUT2D eigenvalue weighted by atomic mass is 16.5. The summed E-state index contributed by atoms with van der Waals surface area (Å²) < 4.78 is 10.9. The normalized spacial score (nSPS) is 22.4. The maximum atomic E-state index is 11.7. The second-order valence-corrected chi connectivity index (χ2v) is 5.47. The van der Waals surface area contributed by atoms with Crippen molar-refractivity contribution < 1.29 is 14.3 Å². The molecule has 0 unspecified atom stereocenters. The molecular weight excluding hydrogens is 252 g/mol. The lowest BCUT2D eigenvalue weighted by atomic mass is 9.82. The molecule has 110 valence electrons. The molecule has 0 aromatic heterocycles. The smallest absolute Gasteiger partial charge is 0.308 e. The standard InChI is InChI=1S/C17H24O3/c1-2-20-17(18)16-10-8-15(9-11-16)13-19-12-14-6-4-3-5-7-14/h3-7,15-16H,2,8-13H2,1H3/t15-,16-. The lowest BCUT2D eigenvalue weighted by molar-refractivity contribution is -0.149. The molecule has 0 saturated heterocycles. The molecule has 0 atom stereocenters. The molecule has 3 heteroatoms. The third-order valence-electron chi connectivity index (χ3n) is 3.93. The van der Waals surface area contributed by atoms with Gasteiger partial charge in [-0.3, -0.25) is 4.79 Å². The van der Waals surface area contributed by atoms with Crippen molar-refractivity contribution in [2.24, 2.45) is 11.8 Å². The van der Waals surface area contributed by atoms with Gasteiger partial charge in [-0.25, -0.2) is 0 Å². The van der Waals surface area contributed by atoms with Crippen molar-refractivity contribution in [3.63, 3.8) is 0 Å². The molecule has 20 heavy (non-hydrogen) atoms. The van der Waals surface area contributed by atoms with Crippen LogP contribution in [0.3, 0.4) is 0 Å². The first kappa shape index (κ1) is 15.0. The Morgan fingerprint density at radius 1 is 1.15 bits per heavy atom. The number of hydrogen-bond donors (Lipinski definition) is 0. The van der Waals surface area contributed by atoms with Gasteiger partial charge >= 0.3 is 5.97 Å². The fourth-order valence-electron chi connectivity index (χ4n) is 2.74. The van der Waals surface area contributed by atoms with E-state index in [0.29, 0.717) is 19.1 Å². The molecule has 0 N–H and O–H groups in total. The van der Waals surface area contributed by atoms with Crippen molar-refractivity contribution >= 4 is 5.97 Å². The van der Waals surface area contributed by atoms with Crippen LogP contribution in [0.5, 0.6) is 0 Å². The van der Waals surface area contributed by atoms with Crippen LogP contribution in [0.25, 0.3) is 0 Å². The lowest BCUT2D eigenvalue weighted by Gasteiger charge is -2.26. The maximum absolute atomic E-state index is 11.7. The van der Waals surface area contributed by atoms with E-state index in [2.05, 4.69) is 12.1 Å². The Morgan fingerprint density at radius 3 is 2.50 bits per heavy atom. The molecule has 0 spiro atoms. The summed E-state index contributed by atoms with van der Waals surface area (Å²) >= 11 is 0. The van der Waals surface area contributed by atoms with Crippen LogP contribution >= 0.6 is 0 Å². The quantitative estimate of drug-likeness (QED) is 0.745. The summed E-state index contributed by atoms with van der Waals surface area (Å²) in [4.78, 5) is 11.7. The van der Waals surface area contributed by atoms with Crippen molar-refractivity contribution in [1.29, 1.82) is 0 Å². The second kappa shape index (κ2) is 8.05. The van der Waals surface area contributed by atoms with Crippen molar-refractivity contribution in [1.82, 2.24) is 0 Å². The van der Waals surface area contributed by atoms with E-state index in [-0.39, 0.29) is 11.9 Å². The fourth-order valence-corrected chi connectivity index (χ4v) is 2.74. The van der Waals surface area contributed by atoms with Crippen LogP contribution in [0.4, 0.5) is 0 Å². The third kappa shape index (κ3) is 4.64. The predicted octanol–water partition coefficient (Wildman–Crippen LogP) is 3.57. The fraction of sp³-hybridized carbons (Fsp3) is 0.588. The van der Waals surface area contributed by atoms with Crippen LogP contribution in [-0.2, 0) is 20.9 Å². The van der Waals surface area contributed by atoms with Gasteiger partial charge in [0, 0.05) is 6.61 Å². The van der Waals surface area contributed by atoms with Crippen LogP contribution in [0.15, 0.2) is 30.3 Å². The molecule has 0 heterocycles. The van der Waals surface area contributed by atoms with Gasteiger partial charge in [0.15, 0.2) is 0 Å². The number of benzene rings is 1. The monoisotopic (exact) mass is 276 g/mol. The summed E-state index contributed by atoms with van der Waals surface area (Å²) in [5, 5.41) is 0. The Morgan fingerprint density at radius 2 is 1.85 bits per heavy atom. The molecule has 2 rings (SSSR count). The molecule has 1 aromatic rings. The van der Waals surface area contributed by atoms with Gasteiger partial charge in [-0.15, -0.1) is 0 Å². The topological polar surface area (TPSA) is 35.5 Å². The number of carbonyl (C=O) groups is 1. The third-order valence-corrected chi connectivity index (χ3v) is 3.93. The van der Waals surface area contributed by atoms with Crippen LogP contribution < -0.4 is 0 Å². The first-order valence-corrected chi connectivity index (χ1v) is 7.58. The molecule has 0 radical (unpaired) electrons. The minimum absolute atomic E-state index is 0.0175. The average Bonchev–Trinajstić information content (AvgIpc) is 2.49. The second-order valence-electron chi connectivity index (χ2n) is 5.47. The summed E-state index contributed by atoms with van der Waals surface area (Å²) in [5.74, 6) is 0.681. The van der Waals surface area contributed by atoms with Crippen LogP contribution in [0, 0.1) is 11.8 Å². The van der Waals surface area contributed by atoms with Gasteiger partial charge in [0.2, 0.25) is 0 Å². The van der Waals surface area contributed by atoms with Crippen molar-refractivity contribution in [2.75, 3.05) is 13.2 Å². The van der Waals surface area contributed by atoms with E-state index in [0.717, 1.165) is 32.3 Å². The number of rotatable bonds is 6. The van der Waals surface area contributed by atoms with E-state index in [1.54, 1.807) is 0 Å². The SMILES string of the molecule is CCOC(=O)[C@H]1CC[C@H](COCc2ccccc2)CC1. The van der Waals surface area contributed by atoms with Gasteiger partial charge in [-0.2, -0.15) is 0 Å². The van der Waals surface area contributed by atoms with Crippen LogP contribution in [0.2, 0.25) is 0 Å². The van der Waals surface area contributed by atoms with Gasteiger partial charge in [-0.05, 0) is 44.1 Å². The van der Waals surface area contributed by atoms with Crippen molar-refractivity contribution in [3.05, 3.63) is 35.9 Å². The minimum atomic E-state index is -0.0175. The lowest BCUT2D eigenvalue weighted by Crippen LogP contribution is -2.25. The van der Waals surface area contributed by atoms with Gasteiger partial charge < -0.3 is 9.47 Å². The molecule has 0 bridgehead atoms. The van der Waals surface area contributed by atoms with E-state index in [9.17, 15) is 4.79 Å². The van der Waals surface area contributed by atoms with E-state index >= 15 is 0 Å². The largest absolute Gasteiger partial charge is 0.466 e. The van der Waals surface area contributed by atoms with E-state index in [1.165, 1.54) is 5.56 Å². The Balaban J connectivity index is 1.63.